The smallest absolute Gasteiger partial charge is 0.258 e. The zero-order chi connectivity index (χ0) is 13.7. The lowest BCUT2D eigenvalue weighted by Crippen LogP contribution is -2.38. The number of piperidine rings is 1. The van der Waals surface area contributed by atoms with Gasteiger partial charge in [-0.3, -0.25) is 4.79 Å². The molecule has 20 heavy (non-hydrogen) atoms. The van der Waals surface area contributed by atoms with E-state index in [1.165, 1.54) is 19.2 Å². The summed E-state index contributed by atoms with van der Waals surface area (Å²) in [7, 11) is 1.43. The molecule has 0 aliphatic carbocycles. The quantitative estimate of drug-likeness (QED) is 0.894. The Labute approximate surface area is 124 Å². The van der Waals surface area contributed by atoms with Crippen molar-refractivity contribution in [1.29, 1.82) is 0 Å². The number of amides is 1. The number of carbonyl (C=O) groups is 1. The zero-order valence-corrected chi connectivity index (χ0v) is 12.3. The van der Waals surface area contributed by atoms with Crippen LogP contribution in [0, 0.1) is 11.7 Å². The van der Waals surface area contributed by atoms with E-state index in [2.05, 4.69) is 10.6 Å². The van der Waals surface area contributed by atoms with E-state index in [0.29, 0.717) is 12.5 Å². The molecule has 0 aromatic heterocycles. The van der Waals surface area contributed by atoms with Crippen LogP contribution >= 0.6 is 12.4 Å². The van der Waals surface area contributed by atoms with Crippen LogP contribution in [-0.4, -0.2) is 32.7 Å². The standard InChI is InChI=1S/C14H19FN2O2.ClH/c1-19-12-6-2-5-11(15)13(12)14(18)17-9-10-4-3-7-16-8-10;/h2,5-6,10,16H,3-4,7-9H2,1H3,(H,17,18);1H. The number of hydrogen-bond donors (Lipinski definition) is 2. The van der Waals surface area contributed by atoms with Crippen LogP contribution < -0.4 is 15.4 Å². The van der Waals surface area contributed by atoms with E-state index in [4.69, 9.17) is 4.74 Å². The fourth-order valence-electron chi connectivity index (χ4n) is 2.32. The average molecular weight is 303 g/mol. The van der Waals surface area contributed by atoms with Crippen LogP contribution in [0.15, 0.2) is 18.2 Å². The predicted octanol–water partition coefficient (Wildman–Crippen LogP) is 1.99. The van der Waals surface area contributed by atoms with Crippen molar-refractivity contribution >= 4 is 18.3 Å². The molecule has 1 atom stereocenters. The second-order valence-electron chi connectivity index (χ2n) is 4.74. The number of nitrogens with one attached hydrogen (secondary N) is 2. The normalized spacial score (nSPS) is 18.0. The van der Waals surface area contributed by atoms with E-state index in [1.54, 1.807) is 6.07 Å². The summed E-state index contributed by atoms with van der Waals surface area (Å²) in [6.45, 7) is 2.49. The monoisotopic (exact) mass is 302 g/mol. The number of halogens is 2. The van der Waals surface area contributed by atoms with Gasteiger partial charge in [-0.05, 0) is 44.0 Å². The molecule has 2 rings (SSSR count). The molecule has 0 radical (unpaired) electrons. The lowest BCUT2D eigenvalue weighted by molar-refractivity contribution is 0.0937. The molecule has 0 saturated carbocycles. The van der Waals surface area contributed by atoms with Crippen molar-refractivity contribution in [3.05, 3.63) is 29.6 Å². The fourth-order valence-corrected chi connectivity index (χ4v) is 2.32. The van der Waals surface area contributed by atoms with Gasteiger partial charge in [-0.15, -0.1) is 12.4 Å². The maximum atomic E-state index is 13.7. The van der Waals surface area contributed by atoms with Crippen molar-refractivity contribution in [3.8, 4) is 5.75 Å². The van der Waals surface area contributed by atoms with Gasteiger partial charge in [0.1, 0.15) is 17.1 Å². The first-order chi connectivity index (χ1) is 9.22. The predicted molar refractivity (Wildman–Crippen MR) is 78.1 cm³/mol. The van der Waals surface area contributed by atoms with Gasteiger partial charge in [0, 0.05) is 6.54 Å². The lowest BCUT2D eigenvalue weighted by Gasteiger charge is -2.23. The van der Waals surface area contributed by atoms with Crippen LogP contribution in [0.3, 0.4) is 0 Å². The lowest BCUT2D eigenvalue weighted by atomic mass is 9.99. The topological polar surface area (TPSA) is 50.4 Å². The highest BCUT2D eigenvalue weighted by Gasteiger charge is 2.19. The van der Waals surface area contributed by atoms with Gasteiger partial charge in [-0.1, -0.05) is 6.07 Å². The number of benzene rings is 1. The second-order valence-corrected chi connectivity index (χ2v) is 4.74. The van der Waals surface area contributed by atoms with Gasteiger partial charge >= 0.3 is 0 Å². The van der Waals surface area contributed by atoms with Crippen molar-refractivity contribution < 1.29 is 13.9 Å². The summed E-state index contributed by atoms with van der Waals surface area (Å²) >= 11 is 0. The molecular formula is C14H20ClFN2O2. The van der Waals surface area contributed by atoms with E-state index in [9.17, 15) is 9.18 Å². The van der Waals surface area contributed by atoms with E-state index >= 15 is 0 Å². The molecule has 6 heteroatoms. The van der Waals surface area contributed by atoms with Crippen LogP contribution in [0.5, 0.6) is 5.75 Å². The van der Waals surface area contributed by atoms with E-state index in [1.807, 2.05) is 0 Å². The number of hydrogen-bond acceptors (Lipinski definition) is 3. The summed E-state index contributed by atoms with van der Waals surface area (Å²) in [5.41, 5.74) is -0.0197. The highest BCUT2D eigenvalue weighted by Crippen LogP contribution is 2.21. The van der Waals surface area contributed by atoms with E-state index < -0.39 is 11.7 Å². The molecule has 1 saturated heterocycles. The van der Waals surface area contributed by atoms with E-state index in [-0.39, 0.29) is 23.7 Å². The Morgan fingerprint density at radius 1 is 1.55 bits per heavy atom. The Bertz CT molecular complexity index is 451. The molecule has 1 heterocycles. The van der Waals surface area contributed by atoms with Crippen molar-refractivity contribution in [1.82, 2.24) is 10.6 Å². The molecule has 0 bridgehead atoms. The van der Waals surface area contributed by atoms with Gasteiger partial charge in [0.2, 0.25) is 0 Å². The van der Waals surface area contributed by atoms with Gasteiger partial charge in [0.15, 0.2) is 0 Å². The van der Waals surface area contributed by atoms with Crippen LogP contribution in [0.2, 0.25) is 0 Å². The first-order valence-electron chi connectivity index (χ1n) is 6.53. The molecule has 1 aromatic carbocycles. The third-order valence-corrected chi connectivity index (χ3v) is 3.37. The molecule has 1 aliphatic rings. The van der Waals surface area contributed by atoms with Gasteiger partial charge < -0.3 is 15.4 Å². The number of ether oxygens (including phenoxy) is 1. The molecule has 4 nitrogen and oxygen atoms in total. The highest BCUT2D eigenvalue weighted by atomic mass is 35.5. The molecular weight excluding hydrogens is 283 g/mol. The summed E-state index contributed by atoms with van der Waals surface area (Å²) in [5.74, 6) is -0.297. The van der Waals surface area contributed by atoms with Crippen LogP contribution in [0.4, 0.5) is 4.39 Å². The van der Waals surface area contributed by atoms with Gasteiger partial charge in [-0.2, -0.15) is 0 Å². The third kappa shape index (κ3) is 4.08. The Morgan fingerprint density at radius 2 is 2.35 bits per heavy atom. The second kappa shape index (κ2) is 8.07. The van der Waals surface area contributed by atoms with Crippen LogP contribution in [0.1, 0.15) is 23.2 Å². The molecule has 1 aromatic rings. The molecule has 112 valence electrons. The summed E-state index contributed by atoms with van der Waals surface area (Å²) in [5, 5.41) is 6.07. The minimum Gasteiger partial charge on any atom is -0.496 e. The minimum absolute atomic E-state index is 0. The Morgan fingerprint density at radius 3 is 3.00 bits per heavy atom. The minimum atomic E-state index is -0.557. The first kappa shape index (κ1) is 16.7. The maximum Gasteiger partial charge on any atom is 0.258 e. The van der Waals surface area contributed by atoms with Crippen molar-refractivity contribution in [2.75, 3.05) is 26.7 Å². The fraction of sp³-hybridized carbons (Fsp3) is 0.500. The molecule has 1 aliphatic heterocycles. The molecule has 2 N–H and O–H groups in total. The summed E-state index contributed by atoms with van der Waals surface area (Å²) in [6, 6.07) is 4.37. The number of methoxy groups -OCH3 is 1. The molecule has 1 amide bonds. The van der Waals surface area contributed by atoms with Crippen LogP contribution in [-0.2, 0) is 0 Å². The van der Waals surface area contributed by atoms with Gasteiger partial charge in [0.25, 0.3) is 5.91 Å². The maximum absolute atomic E-state index is 13.7. The van der Waals surface area contributed by atoms with Crippen LogP contribution in [0.25, 0.3) is 0 Å². The molecule has 1 fully saturated rings. The molecule has 1 unspecified atom stereocenters. The highest BCUT2D eigenvalue weighted by molar-refractivity contribution is 5.97. The van der Waals surface area contributed by atoms with Crippen molar-refractivity contribution in [2.24, 2.45) is 5.92 Å². The van der Waals surface area contributed by atoms with Gasteiger partial charge in [0.05, 0.1) is 7.11 Å². The summed E-state index contributed by atoms with van der Waals surface area (Å²) in [6.07, 6.45) is 2.20. The van der Waals surface area contributed by atoms with Crippen molar-refractivity contribution in [2.45, 2.75) is 12.8 Å². The largest absolute Gasteiger partial charge is 0.496 e. The van der Waals surface area contributed by atoms with Gasteiger partial charge in [-0.25, -0.2) is 4.39 Å². The Kier molecular flexibility index (Phi) is 6.75. The summed E-state index contributed by atoms with van der Waals surface area (Å²) in [4.78, 5) is 12.0. The number of carbonyl (C=O) groups excluding carboxylic acids is 1. The number of rotatable bonds is 4. The zero-order valence-electron chi connectivity index (χ0n) is 11.4. The average Bonchev–Trinajstić information content (AvgIpc) is 2.45. The van der Waals surface area contributed by atoms with E-state index in [0.717, 1.165) is 25.9 Å². The third-order valence-electron chi connectivity index (χ3n) is 3.37. The SMILES string of the molecule is COc1cccc(F)c1C(=O)NCC1CCCNC1.Cl. The molecule has 0 spiro atoms. The summed E-state index contributed by atoms with van der Waals surface area (Å²) < 4.78 is 18.7. The Hall–Kier alpha value is -1.33. The first-order valence-corrected chi connectivity index (χ1v) is 6.53. The Balaban J connectivity index is 0.00000200. The van der Waals surface area contributed by atoms with Crippen molar-refractivity contribution in [3.63, 3.8) is 0 Å².